The van der Waals surface area contributed by atoms with Crippen LogP contribution in [0.3, 0.4) is 0 Å². The summed E-state index contributed by atoms with van der Waals surface area (Å²) >= 11 is 7.51. The molecule has 1 aliphatic carbocycles. The van der Waals surface area contributed by atoms with Crippen LogP contribution in [-0.2, 0) is 12.8 Å². The first-order chi connectivity index (χ1) is 11.2. The monoisotopic (exact) mass is 343 g/mol. The van der Waals surface area contributed by atoms with Crippen LogP contribution >= 0.6 is 22.9 Å². The number of benzene rings is 1. The number of hydrogen-bond donors (Lipinski definition) is 0. The van der Waals surface area contributed by atoms with Gasteiger partial charge in [-0.2, -0.15) is 9.78 Å². The van der Waals surface area contributed by atoms with Gasteiger partial charge in [0.1, 0.15) is 11.2 Å². The number of aryl methyl sites for hydroxylation is 2. The van der Waals surface area contributed by atoms with Gasteiger partial charge in [0.2, 0.25) is 0 Å². The number of halogens is 1. The van der Waals surface area contributed by atoms with Gasteiger partial charge >= 0.3 is 0 Å². The Morgan fingerprint density at radius 1 is 1.22 bits per heavy atom. The maximum atomic E-state index is 12.7. The Bertz CT molecular complexity index is 956. The van der Waals surface area contributed by atoms with Crippen molar-refractivity contribution in [1.29, 1.82) is 0 Å². The van der Waals surface area contributed by atoms with Crippen molar-refractivity contribution in [2.75, 3.05) is 0 Å². The maximum Gasteiger partial charge on any atom is 0.282 e. The molecule has 116 valence electrons. The van der Waals surface area contributed by atoms with Crippen LogP contribution in [0.1, 0.15) is 28.8 Å². The smallest absolute Gasteiger partial charge is 0.267 e. The molecule has 0 aliphatic heterocycles. The number of thiophene rings is 1. The standard InChI is InChI=1S/C17H14ClN3OS/c18-12-7-5-11(6-8-12)9-20-21-10-19-16-15(17(21)22)13-3-1-2-4-14(13)23-16/h5-10H,1-4H2/b20-9+. The van der Waals surface area contributed by atoms with Gasteiger partial charge in [-0.25, -0.2) is 4.98 Å². The fourth-order valence-electron chi connectivity index (χ4n) is 2.90. The number of hydrogen-bond acceptors (Lipinski definition) is 4. The SMILES string of the molecule is O=c1c2c3c(sc2ncn1/N=C/c1ccc(Cl)cc1)CCCC3. The van der Waals surface area contributed by atoms with E-state index in [1.54, 1.807) is 29.7 Å². The van der Waals surface area contributed by atoms with E-state index in [-0.39, 0.29) is 5.56 Å². The number of fused-ring (bicyclic) bond motifs is 3. The number of rotatable bonds is 2. The molecular weight excluding hydrogens is 330 g/mol. The first-order valence-electron chi connectivity index (χ1n) is 7.54. The minimum absolute atomic E-state index is 0.0837. The van der Waals surface area contributed by atoms with Crippen LogP contribution in [-0.4, -0.2) is 15.9 Å². The normalized spacial score (nSPS) is 14.5. The van der Waals surface area contributed by atoms with Gasteiger partial charge in [0.15, 0.2) is 0 Å². The van der Waals surface area contributed by atoms with Gasteiger partial charge in [0.05, 0.1) is 11.6 Å². The van der Waals surface area contributed by atoms with Gasteiger partial charge in [-0.05, 0) is 48.9 Å². The Hall–Kier alpha value is -1.98. The molecule has 0 amide bonds. The van der Waals surface area contributed by atoms with Crippen LogP contribution in [0.2, 0.25) is 5.02 Å². The summed E-state index contributed by atoms with van der Waals surface area (Å²) < 4.78 is 1.32. The van der Waals surface area contributed by atoms with E-state index < -0.39 is 0 Å². The predicted octanol–water partition coefficient (Wildman–Crippen LogP) is 3.87. The molecule has 0 saturated heterocycles. The minimum Gasteiger partial charge on any atom is -0.267 e. The highest BCUT2D eigenvalue weighted by Gasteiger charge is 2.19. The lowest BCUT2D eigenvalue weighted by molar-refractivity contribution is 0.699. The van der Waals surface area contributed by atoms with Crippen LogP contribution < -0.4 is 5.56 Å². The Morgan fingerprint density at radius 3 is 2.83 bits per heavy atom. The molecule has 0 bridgehead atoms. The van der Waals surface area contributed by atoms with Crippen molar-refractivity contribution in [3.63, 3.8) is 0 Å². The van der Waals surface area contributed by atoms with Crippen molar-refractivity contribution >= 4 is 39.4 Å². The summed E-state index contributed by atoms with van der Waals surface area (Å²) in [4.78, 5) is 19.3. The van der Waals surface area contributed by atoms with E-state index in [1.807, 2.05) is 12.1 Å². The number of nitrogens with zero attached hydrogens (tertiary/aromatic N) is 3. The van der Waals surface area contributed by atoms with E-state index in [0.29, 0.717) is 5.02 Å². The molecule has 0 unspecified atom stereocenters. The first-order valence-corrected chi connectivity index (χ1v) is 8.73. The summed E-state index contributed by atoms with van der Waals surface area (Å²) in [6, 6.07) is 7.30. The Kier molecular flexibility index (Phi) is 3.75. The molecule has 0 radical (unpaired) electrons. The lowest BCUT2D eigenvalue weighted by Crippen LogP contribution is -2.18. The average molecular weight is 344 g/mol. The summed E-state index contributed by atoms with van der Waals surface area (Å²) in [5.74, 6) is 0. The van der Waals surface area contributed by atoms with Crippen molar-refractivity contribution < 1.29 is 0 Å². The van der Waals surface area contributed by atoms with E-state index in [9.17, 15) is 4.79 Å². The average Bonchev–Trinajstić information content (AvgIpc) is 2.95. The molecule has 6 heteroatoms. The fourth-order valence-corrected chi connectivity index (χ4v) is 4.24. The highest BCUT2D eigenvalue weighted by molar-refractivity contribution is 7.18. The molecule has 0 spiro atoms. The second-order valence-electron chi connectivity index (χ2n) is 5.58. The highest BCUT2D eigenvalue weighted by Crippen LogP contribution is 2.33. The second-order valence-corrected chi connectivity index (χ2v) is 7.10. The van der Waals surface area contributed by atoms with Gasteiger partial charge in [0.25, 0.3) is 5.56 Å². The third-order valence-electron chi connectivity index (χ3n) is 4.06. The van der Waals surface area contributed by atoms with Gasteiger partial charge in [-0.3, -0.25) is 4.79 Å². The Labute approximate surface area is 142 Å². The molecule has 1 aromatic carbocycles. The van der Waals surface area contributed by atoms with E-state index in [0.717, 1.165) is 35.0 Å². The molecule has 4 rings (SSSR count). The van der Waals surface area contributed by atoms with Crippen molar-refractivity contribution in [2.45, 2.75) is 25.7 Å². The highest BCUT2D eigenvalue weighted by atomic mass is 35.5. The molecule has 23 heavy (non-hydrogen) atoms. The Morgan fingerprint density at radius 2 is 2.00 bits per heavy atom. The van der Waals surface area contributed by atoms with Crippen LogP contribution in [0.15, 0.2) is 40.5 Å². The summed E-state index contributed by atoms with van der Waals surface area (Å²) in [5.41, 5.74) is 1.98. The topological polar surface area (TPSA) is 47.2 Å². The van der Waals surface area contributed by atoms with Crippen LogP contribution in [0.25, 0.3) is 10.2 Å². The van der Waals surface area contributed by atoms with Crippen molar-refractivity contribution in [3.05, 3.63) is 62.0 Å². The molecule has 0 saturated carbocycles. The van der Waals surface area contributed by atoms with Crippen molar-refractivity contribution in [3.8, 4) is 0 Å². The van der Waals surface area contributed by atoms with E-state index >= 15 is 0 Å². The van der Waals surface area contributed by atoms with Gasteiger partial charge < -0.3 is 0 Å². The first kappa shape index (κ1) is 14.6. The fraction of sp³-hybridized carbons (Fsp3) is 0.235. The van der Waals surface area contributed by atoms with Crippen LogP contribution in [0.5, 0.6) is 0 Å². The maximum absolute atomic E-state index is 12.7. The molecule has 0 atom stereocenters. The lowest BCUT2D eigenvalue weighted by Gasteiger charge is -2.09. The van der Waals surface area contributed by atoms with Gasteiger partial charge in [0, 0.05) is 9.90 Å². The predicted molar refractivity (Wildman–Crippen MR) is 95.0 cm³/mol. The van der Waals surface area contributed by atoms with E-state index in [1.165, 1.54) is 27.9 Å². The summed E-state index contributed by atoms with van der Waals surface area (Å²) in [6.07, 6.45) is 7.51. The molecule has 2 heterocycles. The molecule has 0 N–H and O–H groups in total. The number of aromatic nitrogens is 2. The molecule has 0 fully saturated rings. The zero-order chi connectivity index (χ0) is 15.8. The molecule has 2 aromatic heterocycles. The van der Waals surface area contributed by atoms with Crippen LogP contribution in [0.4, 0.5) is 0 Å². The van der Waals surface area contributed by atoms with Crippen molar-refractivity contribution in [1.82, 2.24) is 9.66 Å². The van der Waals surface area contributed by atoms with Crippen LogP contribution in [0, 0.1) is 0 Å². The second kappa shape index (κ2) is 5.91. The molecule has 4 nitrogen and oxygen atoms in total. The minimum atomic E-state index is -0.0837. The van der Waals surface area contributed by atoms with Gasteiger partial charge in [-0.1, -0.05) is 23.7 Å². The van der Waals surface area contributed by atoms with E-state index in [4.69, 9.17) is 11.6 Å². The van der Waals surface area contributed by atoms with Crippen molar-refractivity contribution in [2.24, 2.45) is 5.10 Å². The zero-order valence-corrected chi connectivity index (χ0v) is 13.9. The quantitative estimate of drug-likeness (QED) is 0.663. The molecule has 1 aliphatic rings. The third-order valence-corrected chi connectivity index (χ3v) is 5.51. The largest absolute Gasteiger partial charge is 0.282 e. The summed E-state index contributed by atoms with van der Waals surface area (Å²) in [6.45, 7) is 0. The molecule has 3 aromatic rings. The summed E-state index contributed by atoms with van der Waals surface area (Å²) in [5, 5.41) is 5.69. The third kappa shape index (κ3) is 2.71. The Balaban J connectivity index is 1.77. The lowest BCUT2D eigenvalue weighted by atomic mass is 9.97. The molecular formula is C17H14ClN3OS. The van der Waals surface area contributed by atoms with Gasteiger partial charge in [-0.15, -0.1) is 11.3 Å². The zero-order valence-electron chi connectivity index (χ0n) is 12.3. The van der Waals surface area contributed by atoms with E-state index in [2.05, 4.69) is 10.1 Å². The summed E-state index contributed by atoms with van der Waals surface area (Å²) in [7, 11) is 0.